The zero-order valence-corrected chi connectivity index (χ0v) is 14.7. The molecule has 5 heteroatoms. The van der Waals surface area contributed by atoms with Gasteiger partial charge >= 0.3 is 0 Å². The molecule has 2 aromatic carbocycles. The average molecular weight is 378 g/mol. The number of amides is 1. The number of anilines is 1. The van der Waals surface area contributed by atoms with E-state index in [1.807, 2.05) is 31.2 Å². The minimum absolute atomic E-state index is 0.0656. The predicted octanol–water partition coefficient (Wildman–Crippen LogP) is 4.77. The highest BCUT2D eigenvalue weighted by atomic mass is 79.9. The molecular formula is C17H16BrNO2S. The topological polar surface area (TPSA) is 46.2 Å². The number of benzene rings is 2. The Morgan fingerprint density at radius 1 is 1.09 bits per heavy atom. The standard InChI is InChI=1S/C17H16BrNO2S/c1-11(20)15-5-3-4-6-16(15)19-17(21)12(2)22-14-9-7-13(18)8-10-14/h3-10,12H,1-2H3,(H,19,21). The van der Waals surface area contributed by atoms with Crippen molar-refractivity contribution in [2.45, 2.75) is 24.0 Å². The van der Waals surface area contributed by atoms with Crippen LogP contribution in [-0.4, -0.2) is 16.9 Å². The SMILES string of the molecule is CC(=O)c1ccccc1NC(=O)C(C)Sc1ccc(Br)cc1. The van der Waals surface area contributed by atoms with Crippen LogP contribution in [0.5, 0.6) is 0 Å². The smallest absolute Gasteiger partial charge is 0.237 e. The number of thioether (sulfide) groups is 1. The van der Waals surface area contributed by atoms with Gasteiger partial charge in [-0.25, -0.2) is 0 Å². The van der Waals surface area contributed by atoms with Gasteiger partial charge in [-0.3, -0.25) is 9.59 Å². The summed E-state index contributed by atoms with van der Waals surface area (Å²) >= 11 is 4.86. The lowest BCUT2D eigenvalue weighted by Crippen LogP contribution is -2.23. The second-order valence-electron chi connectivity index (χ2n) is 4.81. The summed E-state index contributed by atoms with van der Waals surface area (Å²) < 4.78 is 1.00. The van der Waals surface area contributed by atoms with E-state index in [1.54, 1.807) is 24.3 Å². The van der Waals surface area contributed by atoms with Crippen LogP contribution in [-0.2, 0) is 4.79 Å². The van der Waals surface area contributed by atoms with E-state index in [0.717, 1.165) is 9.37 Å². The third kappa shape index (κ3) is 4.45. The maximum Gasteiger partial charge on any atom is 0.237 e. The summed E-state index contributed by atoms with van der Waals surface area (Å²) in [6, 6.07) is 14.8. The normalized spacial score (nSPS) is 11.8. The van der Waals surface area contributed by atoms with Crippen molar-refractivity contribution in [2.24, 2.45) is 0 Å². The van der Waals surface area contributed by atoms with Crippen LogP contribution in [0.4, 0.5) is 5.69 Å². The fourth-order valence-corrected chi connectivity index (χ4v) is 3.04. The summed E-state index contributed by atoms with van der Waals surface area (Å²) in [7, 11) is 0. The second kappa shape index (κ2) is 7.61. The molecule has 3 nitrogen and oxygen atoms in total. The van der Waals surface area contributed by atoms with Gasteiger partial charge in [0.05, 0.1) is 10.9 Å². The van der Waals surface area contributed by atoms with Crippen LogP contribution in [0.3, 0.4) is 0 Å². The van der Waals surface area contributed by atoms with Gasteiger partial charge in [-0.2, -0.15) is 0 Å². The van der Waals surface area contributed by atoms with Crippen LogP contribution in [0.25, 0.3) is 0 Å². The van der Waals surface area contributed by atoms with Crippen molar-refractivity contribution in [2.75, 3.05) is 5.32 Å². The molecule has 1 unspecified atom stereocenters. The molecule has 22 heavy (non-hydrogen) atoms. The molecule has 0 spiro atoms. The summed E-state index contributed by atoms with van der Waals surface area (Å²) in [5.41, 5.74) is 1.08. The molecule has 0 fully saturated rings. The Hall–Kier alpha value is -1.59. The van der Waals surface area contributed by atoms with E-state index in [1.165, 1.54) is 18.7 Å². The Kier molecular flexibility index (Phi) is 5.80. The Morgan fingerprint density at radius 3 is 2.36 bits per heavy atom. The lowest BCUT2D eigenvalue weighted by molar-refractivity contribution is -0.115. The van der Waals surface area contributed by atoms with Crippen LogP contribution < -0.4 is 5.32 Å². The Labute approximate surface area is 142 Å². The Bertz CT molecular complexity index is 685. The van der Waals surface area contributed by atoms with E-state index in [4.69, 9.17) is 0 Å². The lowest BCUT2D eigenvalue weighted by Gasteiger charge is -2.14. The van der Waals surface area contributed by atoms with Crippen LogP contribution >= 0.6 is 27.7 Å². The lowest BCUT2D eigenvalue weighted by atomic mass is 10.1. The highest BCUT2D eigenvalue weighted by Crippen LogP contribution is 2.26. The van der Waals surface area contributed by atoms with Gasteiger partial charge in [-0.15, -0.1) is 11.8 Å². The van der Waals surface area contributed by atoms with Crippen LogP contribution in [0.15, 0.2) is 57.9 Å². The second-order valence-corrected chi connectivity index (χ2v) is 7.13. The van der Waals surface area contributed by atoms with Crippen LogP contribution in [0.2, 0.25) is 0 Å². The van der Waals surface area contributed by atoms with E-state index < -0.39 is 0 Å². The Morgan fingerprint density at radius 2 is 1.73 bits per heavy atom. The molecule has 0 aliphatic carbocycles. The fraction of sp³-hybridized carbons (Fsp3) is 0.176. The molecule has 0 saturated carbocycles. The molecule has 0 aliphatic heterocycles. The molecule has 1 amide bonds. The fourth-order valence-electron chi connectivity index (χ4n) is 1.90. The largest absolute Gasteiger partial charge is 0.324 e. The van der Waals surface area contributed by atoms with Gasteiger partial charge in [0.15, 0.2) is 5.78 Å². The molecule has 0 aromatic heterocycles. The number of ketones is 1. The average Bonchev–Trinajstić information content (AvgIpc) is 2.49. The maximum absolute atomic E-state index is 12.3. The van der Waals surface area contributed by atoms with Crippen molar-refractivity contribution in [3.05, 3.63) is 58.6 Å². The van der Waals surface area contributed by atoms with Crippen LogP contribution in [0, 0.1) is 0 Å². The molecule has 0 aliphatic rings. The molecule has 0 bridgehead atoms. The van der Waals surface area contributed by atoms with Crippen molar-refractivity contribution in [1.82, 2.24) is 0 Å². The first-order chi connectivity index (χ1) is 10.5. The third-order valence-electron chi connectivity index (χ3n) is 3.06. The number of para-hydroxylation sites is 1. The van der Waals surface area contributed by atoms with E-state index in [9.17, 15) is 9.59 Å². The molecule has 1 N–H and O–H groups in total. The third-order valence-corrected chi connectivity index (χ3v) is 4.70. The molecule has 2 rings (SSSR count). The van der Waals surface area contributed by atoms with E-state index in [0.29, 0.717) is 11.3 Å². The molecule has 0 heterocycles. The van der Waals surface area contributed by atoms with Crippen molar-refractivity contribution < 1.29 is 9.59 Å². The van der Waals surface area contributed by atoms with Crippen molar-refractivity contribution >= 4 is 45.1 Å². The van der Waals surface area contributed by atoms with Gasteiger partial charge in [0.2, 0.25) is 5.91 Å². The highest BCUT2D eigenvalue weighted by molar-refractivity contribution is 9.10. The molecule has 2 aromatic rings. The number of hydrogen-bond acceptors (Lipinski definition) is 3. The minimum atomic E-state index is -0.263. The summed E-state index contributed by atoms with van der Waals surface area (Å²) in [6.45, 7) is 3.34. The van der Waals surface area contributed by atoms with Gasteiger partial charge in [-0.1, -0.05) is 28.1 Å². The van der Waals surface area contributed by atoms with Crippen molar-refractivity contribution in [3.63, 3.8) is 0 Å². The number of carbonyl (C=O) groups excluding carboxylic acids is 2. The molecule has 114 valence electrons. The molecule has 1 atom stereocenters. The van der Waals surface area contributed by atoms with Crippen molar-refractivity contribution in [3.8, 4) is 0 Å². The van der Waals surface area contributed by atoms with Gasteiger partial charge in [0.1, 0.15) is 0 Å². The number of hydrogen-bond donors (Lipinski definition) is 1. The molecular weight excluding hydrogens is 362 g/mol. The Balaban J connectivity index is 2.05. The monoisotopic (exact) mass is 377 g/mol. The highest BCUT2D eigenvalue weighted by Gasteiger charge is 2.16. The van der Waals surface area contributed by atoms with Gasteiger partial charge in [-0.05, 0) is 50.2 Å². The number of nitrogens with one attached hydrogen (secondary N) is 1. The first-order valence-corrected chi connectivity index (χ1v) is 8.47. The quantitative estimate of drug-likeness (QED) is 0.602. The van der Waals surface area contributed by atoms with Gasteiger partial charge in [0, 0.05) is 14.9 Å². The van der Waals surface area contributed by atoms with E-state index >= 15 is 0 Å². The summed E-state index contributed by atoms with van der Waals surface area (Å²) in [5, 5.41) is 2.57. The summed E-state index contributed by atoms with van der Waals surface area (Å²) in [6.07, 6.45) is 0. The maximum atomic E-state index is 12.3. The van der Waals surface area contributed by atoms with Crippen LogP contribution in [0.1, 0.15) is 24.2 Å². The van der Waals surface area contributed by atoms with E-state index in [-0.39, 0.29) is 16.9 Å². The number of halogens is 1. The first-order valence-electron chi connectivity index (χ1n) is 6.80. The molecule has 0 radical (unpaired) electrons. The van der Waals surface area contributed by atoms with Gasteiger partial charge < -0.3 is 5.32 Å². The summed E-state index contributed by atoms with van der Waals surface area (Å²) in [4.78, 5) is 24.9. The minimum Gasteiger partial charge on any atom is -0.324 e. The summed E-state index contributed by atoms with van der Waals surface area (Å²) in [5.74, 6) is -0.189. The zero-order chi connectivity index (χ0) is 16.1. The van der Waals surface area contributed by atoms with Crippen molar-refractivity contribution in [1.29, 1.82) is 0 Å². The molecule has 0 saturated heterocycles. The predicted molar refractivity (Wildman–Crippen MR) is 94.5 cm³/mol. The number of Topliss-reactive ketones (excluding diaryl/α,β-unsaturated/α-hetero) is 1. The number of carbonyl (C=O) groups is 2. The number of rotatable bonds is 5. The van der Waals surface area contributed by atoms with Gasteiger partial charge in [0.25, 0.3) is 0 Å². The first kappa shape index (κ1) is 16.8. The van der Waals surface area contributed by atoms with E-state index in [2.05, 4.69) is 21.2 Å². The zero-order valence-electron chi connectivity index (χ0n) is 12.3.